The fourth-order valence-corrected chi connectivity index (χ4v) is 2.00. The smallest absolute Gasteiger partial charge is 0.317 e. The Kier molecular flexibility index (Phi) is 4.95. The normalized spacial score (nSPS) is 16.1. The number of aliphatic imine (C=N–C) groups is 1. The Morgan fingerprint density at radius 3 is 2.90 bits per heavy atom. The van der Waals surface area contributed by atoms with Crippen molar-refractivity contribution in [1.82, 2.24) is 10.2 Å². The van der Waals surface area contributed by atoms with Crippen LogP contribution in [-0.2, 0) is 11.3 Å². The van der Waals surface area contributed by atoms with E-state index in [0.717, 1.165) is 11.3 Å². The van der Waals surface area contributed by atoms with Gasteiger partial charge in [0.05, 0.1) is 24.7 Å². The van der Waals surface area contributed by atoms with Gasteiger partial charge in [0.2, 0.25) is 0 Å². The summed E-state index contributed by atoms with van der Waals surface area (Å²) in [6.07, 6.45) is 0. The van der Waals surface area contributed by atoms with Crippen molar-refractivity contribution in [3.05, 3.63) is 29.8 Å². The number of hydrogen-bond donors (Lipinski definition) is 2. The fraction of sp³-hybridized carbons (Fsp3) is 0.429. The Balaban J connectivity index is 1.90. The highest BCUT2D eigenvalue weighted by molar-refractivity contribution is 5.80. The second-order valence-corrected chi connectivity index (χ2v) is 4.68. The van der Waals surface area contributed by atoms with Gasteiger partial charge in [-0.3, -0.25) is 0 Å². The summed E-state index contributed by atoms with van der Waals surface area (Å²) in [6.45, 7) is 4.71. The highest BCUT2D eigenvalue weighted by Gasteiger charge is 2.15. The van der Waals surface area contributed by atoms with E-state index in [4.69, 9.17) is 10.5 Å². The maximum absolute atomic E-state index is 11.9. The zero-order valence-corrected chi connectivity index (χ0v) is 11.6. The first kappa shape index (κ1) is 14.3. The van der Waals surface area contributed by atoms with E-state index in [2.05, 4.69) is 10.3 Å². The molecule has 1 aliphatic heterocycles. The molecule has 0 aromatic heterocycles. The summed E-state index contributed by atoms with van der Waals surface area (Å²) in [4.78, 5) is 17.9. The summed E-state index contributed by atoms with van der Waals surface area (Å²) in [5.74, 6) is 0.513. The molecule has 1 aromatic rings. The molecule has 0 radical (unpaired) electrons. The summed E-state index contributed by atoms with van der Waals surface area (Å²) in [5, 5.41) is 2.90. The van der Waals surface area contributed by atoms with E-state index in [1.165, 1.54) is 0 Å². The largest absolute Gasteiger partial charge is 0.387 e. The van der Waals surface area contributed by atoms with Crippen molar-refractivity contribution in [2.45, 2.75) is 13.5 Å². The Labute approximate surface area is 118 Å². The number of carbonyl (C=O) groups excluding carboxylic acids is 1. The number of morpholine rings is 1. The molecule has 108 valence electrons. The second-order valence-electron chi connectivity index (χ2n) is 4.68. The first-order valence-corrected chi connectivity index (χ1v) is 6.65. The molecule has 6 nitrogen and oxygen atoms in total. The van der Waals surface area contributed by atoms with Gasteiger partial charge in [0, 0.05) is 19.6 Å². The van der Waals surface area contributed by atoms with Gasteiger partial charge in [-0.25, -0.2) is 9.79 Å². The number of amides is 2. The van der Waals surface area contributed by atoms with Crippen molar-refractivity contribution in [3.8, 4) is 0 Å². The van der Waals surface area contributed by atoms with Crippen LogP contribution in [0.1, 0.15) is 12.5 Å². The molecule has 0 saturated carbocycles. The fourth-order valence-electron chi connectivity index (χ4n) is 2.00. The van der Waals surface area contributed by atoms with Crippen LogP contribution in [0, 0.1) is 0 Å². The van der Waals surface area contributed by atoms with Gasteiger partial charge in [0.15, 0.2) is 0 Å². The Bertz CT molecular complexity index is 492. The molecular weight excluding hydrogens is 256 g/mol. The van der Waals surface area contributed by atoms with Crippen LogP contribution < -0.4 is 11.1 Å². The predicted molar refractivity (Wildman–Crippen MR) is 78.0 cm³/mol. The number of amidine groups is 1. The molecule has 1 heterocycles. The molecule has 20 heavy (non-hydrogen) atoms. The van der Waals surface area contributed by atoms with Gasteiger partial charge >= 0.3 is 6.03 Å². The van der Waals surface area contributed by atoms with Crippen LogP contribution >= 0.6 is 0 Å². The lowest BCUT2D eigenvalue weighted by molar-refractivity contribution is 0.0531. The topological polar surface area (TPSA) is 79.9 Å². The molecule has 3 N–H and O–H groups in total. The van der Waals surface area contributed by atoms with Crippen molar-refractivity contribution < 1.29 is 9.53 Å². The third-order valence-electron chi connectivity index (χ3n) is 2.96. The number of nitrogens with zero attached hydrogens (tertiary/aromatic N) is 2. The van der Waals surface area contributed by atoms with E-state index < -0.39 is 0 Å². The van der Waals surface area contributed by atoms with Crippen molar-refractivity contribution in [3.63, 3.8) is 0 Å². The molecule has 2 rings (SSSR count). The monoisotopic (exact) mass is 276 g/mol. The summed E-state index contributed by atoms with van der Waals surface area (Å²) >= 11 is 0. The Morgan fingerprint density at radius 1 is 1.45 bits per heavy atom. The molecule has 0 unspecified atom stereocenters. The maximum atomic E-state index is 11.9. The number of nitrogens with two attached hydrogens (primary N) is 1. The van der Waals surface area contributed by atoms with Gasteiger partial charge in [-0.1, -0.05) is 12.1 Å². The van der Waals surface area contributed by atoms with Gasteiger partial charge in [0.1, 0.15) is 0 Å². The molecule has 1 aliphatic rings. The second kappa shape index (κ2) is 6.91. The molecule has 2 amide bonds. The molecular formula is C14H20N4O2. The van der Waals surface area contributed by atoms with Gasteiger partial charge in [0.25, 0.3) is 0 Å². The van der Waals surface area contributed by atoms with Crippen molar-refractivity contribution in [1.29, 1.82) is 0 Å². The van der Waals surface area contributed by atoms with Crippen LogP contribution in [-0.4, -0.2) is 43.1 Å². The van der Waals surface area contributed by atoms with E-state index in [1.807, 2.05) is 24.3 Å². The van der Waals surface area contributed by atoms with Gasteiger partial charge in [-0.05, 0) is 24.6 Å². The number of carbonyl (C=O) groups is 1. The highest BCUT2D eigenvalue weighted by Crippen LogP contribution is 2.14. The highest BCUT2D eigenvalue weighted by atomic mass is 16.5. The van der Waals surface area contributed by atoms with Crippen LogP contribution in [0.15, 0.2) is 29.3 Å². The third-order valence-corrected chi connectivity index (χ3v) is 2.96. The zero-order chi connectivity index (χ0) is 14.4. The van der Waals surface area contributed by atoms with E-state index in [0.29, 0.717) is 38.7 Å². The zero-order valence-electron chi connectivity index (χ0n) is 11.6. The molecule has 6 heteroatoms. The van der Waals surface area contributed by atoms with Crippen molar-refractivity contribution in [2.24, 2.45) is 10.7 Å². The van der Waals surface area contributed by atoms with Crippen molar-refractivity contribution >= 4 is 17.6 Å². The van der Waals surface area contributed by atoms with E-state index >= 15 is 0 Å². The molecule has 1 aromatic carbocycles. The lowest BCUT2D eigenvalue weighted by atomic mass is 10.2. The van der Waals surface area contributed by atoms with Gasteiger partial charge in [-0.2, -0.15) is 0 Å². The van der Waals surface area contributed by atoms with E-state index in [-0.39, 0.29) is 6.03 Å². The summed E-state index contributed by atoms with van der Waals surface area (Å²) in [5.41, 5.74) is 7.35. The van der Waals surface area contributed by atoms with Crippen LogP contribution in [0.5, 0.6) is 0 Å². The van der Waals surface area contributed by atoms with E-state index in [1.54, 1.807) is 11.8 Å². The average molecular weight is 276 g/mol. The standard InChI is InChI=1S/C14H20N4O2/c1-11(15)17-13-4-2-3-12(9-13)10-16-14(19)18-5-7-20-8-6-18/h2-4,9H,5-8,10H2,1H3,(H2,15,17)(H,16,19). The lowest BCUT2D eigenvalue weighted by Crippen LogP contribution is -2.45. The van der Waals surface area contributed by atoms with Crippen LogP contribution in [0.4, 0.5) is 10.5 Å². The number of benzene rings is 1. The minimum absolute atomic E-state index is 0.0581. The predicted octanol–water partition coefficient (Wildman–Crippen LogP) is 1.24. The number of nitrogens with one attached hydrogen (secondary N) is 1. The van der Waals surface area contributed by atoms with Crippen molar-refractivity contribution in [2.75, 3.05) is 26.3 Å². The average Bonchev–Trinajstić information content (AvgIpc) is 2.45. The molecule has 0 spiro atoms. The minimum atomic E-state index is -0.0581. The number of rotatable bonds is 3. The summed E-state index contributed by atoms with van der Waals surface area (Å²) in [6, 6.07) is 7.58. The third kappa shape index (κ3) is 4.24. The van der Waals surface area contributed by atoms with Crippen LogP contribution in [0.25, 0.3) is 0 Å². The summed E-state index contributed by atoms with van der Waals surface area (Å²) in [7, 11) is 0. The molecule has 1 saturated heterocycles. The van der Waals surface area contributed by atoms with Crippen LogP contribution in [0.2, 0.25) is 0 Å². The molecule has 0 atom stereocenters. The van der Waals surface area contributed by atoms with Gasteiger partial charge in [-0.15, -0.1) is 0 Å². The quantitative estimate of drug-likeness (QED) is 0.644. The number of hydrogen-bond acceptors (Lipinski definition) is 3. The Morgan fingerprint density at radius 2 is 2.20 bits per heavy atom. The lowest BCUT2D eigenvalue weighted by Gasteiger charge is -2.26. The minimum Gasteiger partial charge on any atom is -0.387 e. The Hall–Kier alpha value is -2.08. The SMILES string of the molecule is CC(N)=Nc1cccc(CNC(=O)N2CCOCC2)c1. The maximum Gasteiger partial charge on any atom is 0.317 e. The van der Waals surface area contributed by atoms with E-state index in [9.17, 15) is 4.79 Å². The molecule has 1 fully saturated rings. The molecule has 0 aliphatic carbocycles. The van der Waals surface area contributed by atoms with Crippen LogP contribution in [0.3, 0.4) is 0 Å². The number of urea groups is 1. The first-order valence-electron chi connectivity index (χ1n) is 6.65. The molecule has 0 bridgehead atoms. The van der Waals surface area contributed by atoms with Gasteiger partial charge < -0.3 is 20.7 Å². The first-order chi connectivity index (χ1) is 9.65. The summed E-state index contributed by atoms with van der Waals surface area (Å²) < 4.78 is 5.22. The number of ether oxygens (including phenoxy) is 1.